The van der Waals surface area contributed by atoms with Gasteiger partial charge in [0.25, 0.3) is 0 Å². The highest BCUT2D eigenvalue weighted by atomic mass is 79.9. The van der Waals surface area contributed by atoms with Gasteiger partial charge >= 0.3 is 0 Å². The zero-order valence-corrected chi connectivity index (χ0v) is 21.6. The van der Waals surface area contributed by atoms with E-state index in [1.807, 2.05) is 36.4 Å². The van der Waals surface area contributed by atoms with Crippen molar-refractivity contribution in [3.8, 4) is 0 Å². The van der Waals surface area contributed by atoms with E-state index in [2.05, 4.69) is 47.6 Å². The lowest BCUT2D eigenvalue weighted by atomic mass is 9.64. The van der Waals surface area contributed by atoms with E-state index in [9.17, 15) is 4.79 Å². The summed E-state index contributed by atoms with van der Waals surface area (Å²) >= 11 is 0. The molecule has 1 aliphatic carbocycles. The largest absolute Gasteiger partial charge is 1.00 e. The Bertz CT molecular complexity index is 905. The maximum atomic E-state index is 13.3. The van der Waals surface area contributed by atoms with E-state index in [-0.39, 0.29) is 28.8 Å². The molecule has 4 rings (SSSR count). The van der Waals surface area contributed by atoms with Gasteiger partial charge in [0.15, 0.2) is 0 Å². The molecular formula is C28H38BrN3O. The highest BCUT2D eigenvalue weighted by Gasteiger charge is 2.52. The maximum Gasteiger partial charge on any atom is 0.244 e. The number of unbranched alkanes of at least 4 members (excludes halogenated alkanes) is 2. The third-order valence-corrected chi connectivity index (χ3v) is 7.82. The van der Waals surface area contributed by atoms with Gasteiger partial charge in [0.1, 0.15) is 18.5 Å². The number of rotatable bonds is 9. The first-order chi connectivity index (χ1) is 15.6. The van der Waals surface area contributed by atoms with Crippen LogP contribution in [0.15, 0.2) is 60.7 Å². The molecule has 2 aromatic rings. The highest BCUT2D eigenvalue weighted by molar-refractivity contribution is 5.91. The molecule has 0 saturated heterocycles. The Hall–Kier alpha value is -2.14. The third-order valence-electron chi connectivity index (χ3n) is 7.82. The van der Waals surface area contributed by atoms with Crippen LogP contribution >= 0.6 is 0 Å². The van der Waals surface area contributed by atoms with Crippen molar-refractivity contribution in [1.29, 1.82) is 0 Å². The summed E-state index contributed by atoms with van der Waals surface area (Å²) in [6, 6.07) is 20.9. The molecule has 178 valence electrons. The third kappa shape index (κ3) is 4.89. The summed E-state index contributed by atoms with van der Waals surface area (Å²) in [5, 5.41) is 0. The first-order valence-electron chi connectivity index (χ1n) is 12.3. The van der Waals surface area contributed by atoms with Crippen molar-refractivity contribution in [1.82, 2.24) is 4.90 Å². The van der Waals surface area contributed by atoms with Crippen molar-refractivity contribution in [2.45, 2.75) is 63.8 Å². The lowest BCUT2D eigenvalue weighted by Crippen LogP contribution is -3.00. The lowest BCUT2D eigenvalue weighted by molar-refractivity contribution is -0.519. The number of nitrogens with zero attached hydrogens (tertiary/aromatic N) is 2. The fourth-order valence-corrected chi connectivity index (χ4v) is 6.17. The second kappa shape index (κ2) is 11.3. The van der Waals surface area contributed by atoms with Gasteiger partial charge in [-0.3, -0.25) is 14.3 Å². The monoisotopic (exact) mass is 511 g/mol. The summed E-state index contributed by atoms with van der Waals surface area (Å²) in [4.78, 5) is 15.9. The van der Waals surface area contributed by atoms with Gasteiger partial charge in [-0.25, -0.2) is 0 Å². The van der Waals surface area contributed by atoms with Crippen molar-refractivity contribution in [3.05, 3.63) is 71.8 Å². The van der Waals surface area contributed by atoms with Crippen molar-refractivity contribution < 1.29 is 26.4 Å². The zero-order chi connectivity index (χ0) is 22.6. The van der Waals surface area contributed by atoms with Gasteiger partial charge in [0.2, 0.25) is 11.7 Å². The fraction of sp³-hybridized carbons (Fsp3) is 0.500. The molecule has 0 aromatic heterocycles. The van der Waals surface area contributed by atoms with Crippen LogP contribution < -0.4 is 22.7 Å². The molecule has 2 aromatic carbocycles. The van der Waals surface area contributed by atoms with E-state index in [1.54, 1.807) is 0 Å². The van der Waals surface area contributed by atoms with Gasteiger partial charge in [0, 0.05) is 6.92 Å². The van der Waals surface area contributed by atoms with E-state index in [0.29, 0.717) is 6.04 Å². The topological polar surface area (TPSA) is 49.3 Å². The van der Waals surface area contributed by atoms with Crippen molar-refractivity contribution >= 4 is 11.7 Å². The number of carbonyl (C=O) groups excluding carboxylic acids is 1. The first kappa shape index (κ1) is 25.5. The Morgan fingerprint density at radius 2 is 1.64 bits per heavy atom. The number of benzene rings is 2. The molecule has 1 aliphatic heterocycles. The molecular weight excluding hydrogens is 474 g/mol. The molecule has 4 nitrogen and oxygen atoms in total. The van der Waals surface area contributed by atoms with Crippen LogP contribution in [-0.4, -0.2) is 46.9 Å². The second-order valence-corrected chi connectivity index (χ2v) is 9.50. The number of halogens is 1. The van der Waals surface area contributed by atoms with Crippen LogP contribution in [-0.2, 0) is 10.2 Å². The summed E-state index contributed by atoms with van der Waals surface area (Å²) in [6.45, 7) is 7.91. The predicted molar refractivity (Wildman–Crippen MR) is 131 cm³/mol. The average Bonchev–Trinajstić information content (AvgIpc) is 3.43. The van der Waals surface area contributed by atoms with Crippen LogP contribution in [0.25, 0.3) is 0 Å². The number of amides is 1. The Morgan fingerprint density at radius 1 is 1.03 bits per heavy atom. The molecule has 0 bridgehead atoms. The minimum Gasteiger partial charge on any atom is -1.00 e. The summed E-state index contributed by atoms with van der Waals surface area (Å²) in [5.74, 6) is 1.37. The molecule has 0 unspecified atom stereocenters. The van der Waals surface area contributed by atoms with Crippen molar-refractivity contribution in [2.75, 3.05) is 19.6 Å². The molecule has 0 radical (unpaired) electrons. The van der Waals surface area contributed by atoms with Gasteiger partial charge in [-0.2, -0.15) is 0 Å². The van der Waals surface area contributed by atoms with Gasteiger partial charge in [-0.15, -0.1) is 0 Å². The van der Waals surface area contributed by atoms with Crippen LogP contribution in [0, 0.1) is 5.92 Å². The molecule has 2 N–H and O–H groups in total. The van der Waals surface area contributed by atoms with E-state index in [0.717, 1.165) is 50.0 Å². The quantitative estimate of drug-likeness (QED) is 0.410. The Kier molecular flexibility index (Phi) is 8.75. The van der Waals surface area contributed by atoms with Crippen molar-refractivity contribution in [3.63, 3.8) is 0 Å². The predicted octanol–water partition coefficient (Wildman–Crippen LogP) is 1.57. The number of hydrogen-bond donors (Lipinski definition) is 1. The molecule has 0 spiro atoms. The normalized spacial score (nSPS) is 20.7. The SMILES string of the molecule is CCCCC[N+]1=C(C)N([C@@H]2CC[C@H](C(C(N)=O)(c3ccccc3)c3ccccc3)C2)CC1.[Br-]. The molecule has 2 atom stereocenters. The van der Waals surface area contributed by atoms with Crippen molar-refractivity contribution in [2.24, 2.45) is 11.7 Å². The average molecular weight is 513 g/mol. The Morgan fingerprint density at radius 3 is 2.18 bits per heavy atom. The van der Waals surface area contributed by atoms with Gasteiger partial charge in [-0.1, -0.05) is 74.0 Å². The summed E-state index contributed by atoms with van der Waals surface area (Å²) in [5.41, 5.74) is 7.52. The maximum absolute atomic E-state index is 13.3. The molecule has 1 fully saturated rings. The number of hydrogen-bond acceptors (Lipinski definition) is 2. The molecule has 1 saturated carbocycles. The summed E-state index contributed by atoms with van der Waals surface area (Å²) in [7, 11) is 0. The van der Waals surface area contributed by atoms with Crippen LogP contribution in [0.3, 0.4) is 0 Å². The first-order valence-corrected chi connectivity index (χ1v) is 12.3. The smallest absolute Gasteiger partial charge is 0.244 e. The van der Waals surface area contributed by atoms with E-state index < -0.39 is 5.41 Å². The van der Waals surface area contributed by atoms with E-state index in [4.69, 9.17) is 5.73 Å². The molecule has 2 aliphatic rings. The fourth-order valence-electron chi connectivity index (χ4n) is 6.17. The standard InChI is InChI=1S/C28H37N3O.BrH/c1-3-4-11-18-30-19-20-31(22(30)2)26-17-16-25(21-26)28(27(29)32,23-12-7-5-8-13-23)24-14-9-6-10-15-24;/h5-10,12-15,25-26H,3-4,11,16-21H2,1-2H3,(H-,29,32);1H/t25-,26+;/m0./s1. The van der Waals surface area contributed by atoms with E-state index in [1.165, 1.54) is 25.1 Å². The highest BCUT2D eigenvalue weighted by Crippen LogP contribution is 2.48. The van der Waals surface area contributed by atoms with E-state index >= 15 is 0 Å². The Labute approximate surface area is 209 Å². The van der Waals surface area contributed by atoms with Crippen LogP contribution in [0.2, 0.25) is 0 Å². The molecule has 33 heavy (non-hydrogen) atoms. The Balaban J connectivity index is 0.00000306. The molecule has 5 heteroatoms. The van der Waals surface area contributed by atoms with Crippen LogP contribution in [0.4, 0.5) is 0 Å². The number of primary amides is 1. The van der Waals surface area contributed by atoms with Gasteiger partial charge in [0.05, 0.1) is 12.6 Å². The van der Waals surface area contributed by atoms with Gasteiger partial charge < -0.3 is 22.7 Å². The number of carbonyl (C=O) groups is 1. The summed E-state index contributed by atoms with van der Waals surface area (Å²) in [6.07, 6.45) is 6.94. The summed E-state index contributed by atoms with van der Waals surface area (Å²) < 4.78 is 2.55. The number of amidine groups is 1. The number of nitrogens with two attached hydrogens (primary N) is 1. The van der Waals surface area contributed by atoms with Gasteiger partial charge in [-0.05, 0) is 49.1 Å². The minimum atomic E-state index is -0.786. The molecule has 1 amide bonds. The minimum absolute atomic E-state index is 0. The molecule has 1 heterocycles. The zero-order valence-electron chi connectivity index (χ0n) is 20.1. The second-order valence-electron chi connectivity index (χ2n) is 9.50. The van der Waals surface area contributed by atoms with Crippen LogP contribution in [0.1, 0.15) is 63.5 Å². The lowest BCUT2D eigenvalue weighted by Gasteiger charge is -2.37. The van der Waals surface area contributed by atoms with Crippen LogP contribution in [0.5, 0.6) is 0 Å².